The summed E-state index contributed by atoms with van der Waals surface area (Å²) >= 11 is 3.30. The maximum absolute atomic E-state index is 13.6. The van der Waals surface area contributed by atoms with Crippen LogP contribution in [0.4, 0.5) is 4.39 Å². The summed E-state index contributed by atoms with van der Waals surface area (Å²) in [6.45, 7) is 0.268. The minimum atomic E-state index is -2.94. The second-order valence-electron chi connectivity index (χ2n) is 4.91. The van der Waals surface area contributed by atoms with Gasteiger partial charge in [-0.1, -0.05) is 15.9 Å². The lowest BCUT2D eigenvalue weighted by Crippen LogP contribution is -2.43. The van der Waals surface area contributed by atoms with Crippen molar-refractivity contribution < 1.29 is 12.8 Å². The summed E-state index contributed by atoms with van der Waals surface area (Å²) in [5.74, 6) is 0.474. The number of nitrogens with one attached hydrogen (secondary N) is 2. The Balaban J connectivity index is 1.93. The number of hydrogen-bond donors (Lipinski definition) is 2. The topological polar surface area (TPSA) is 70.6 Å². The van der Waals surface area contributed by atoms with Gasteiger partial charge in [-0.3, -0.25) is 4.99 Å². The maximum Gasteiger partial charge on any atom is 0.191 e. The van der Waals surface area contributed by atoms with Gasteiger partial charge in [0.15, 0.2) is 15.8 Å². The number of guanidine groups is 1. The third-order valence-electron chi connectivity index (χ3n) is 3.25. The van der Waals surface area contributed by atoms with Gasteiger partial charge in [0.1, 0.15) is 5.82 Å². The fraction of sp³-hybridized carbons (Fsp3) is 0.462. The summed E-state index contributed by atoms with van der Waals surface area (Å²) in [4.78, 5) is 4.03. The Bertz CT molecular complexity index is 649. The molecule has 0 spiro atoms. The van der Waals surface area contributed by atoms with E-state index in [1.54, 1.807) is 19.2 Å². The van der Waals surface area contributed by atoms with Gasteiger partial charge in [-0.25, -0.2) is 12.8 Å². The Morgan fingerprint density at radius 1 is 1.52 bits per heavy atom. The first-order valence-corrected chi connectivity index (χ1v) is 9.12. The van der Waals surface area contributed by atoms with Crippen LogP contribution in [0.25, 0.3) is 0 Å². The van der Waals surface area contributed by atoms with Crippen LogP contribution in [0.5, 0.6) is 0 Å². The summed E-state index contributed by atoms with van der Waals surface area (Å²) in [6, 6.07) is 4.57. The van der Waals surface area contributed by atoms with E-state index in [0.717, 1.165) is 4.47 Å². The molecule has 0 aromatic heterocycles. The summed E-state index contributed by atoms with van der Waals surface area (Å²) in [6.07, 6.45) is 0.564. The first kappa shape index (κ1) is 16.2. The lowest BCUT2D eigenvalue weighted by Gasteiger charge is -2.16. The van der Waals surface area contributed by atoms with E-state index in [-0.39, 0.29) is 29.9 Å². The van der Waals surface area contributed by atoms with Gasteiger partial charge in [0.25, 0.3) is 0 Å². The highest BCUT2D eigenvalue weighted by Gasteiger charge is 2.28. The van der Waals surface area contributed by atoms with Crippen LogP contribution < -0.4 is 10.6 Å². The standard InChI is InChI=1S/C13H17BrFN3O2S/c1-16-13(18-11-4-5-21(19,20)8-11)17-7-9-6-10(14)2-3-12(9)15/h2-3,6,11H,4-5,7-8H2,1H3,(H2,16,17,18). The van der Waals surface area contributed by atoms with Crippen LogP contribution in [0, 0.1) is 5.82 Å². The molecule has 0 amide bonds. The van der Waals surface area contributed by atoms with E-state index in [9.17, 15) is 12.8 Å². The van der Waals surface area contributed by atoms with Crippen molar-refractivity contribution in [2.75, 3.05) is 18.6 Å². The molecule has 0 aliphatic carbocycles. The van der Waals surface area contributed by atoms with E-state index in [4.69, 9.17) is 0 Å². The smallest absolute Gasteiger partial charge is 0.191 e. The van der Waals surface area contributed by atoms with Crippen molar-refractivity contribution >= 4 is 31.7 Å². The summed E-state index contributed by atoms with van der Waals surface area (Å²) in [5.41, 5.74) is 0.506. The number of hydrogen-bond acceptors (Lipinski definition) is 3. The van der Waals surface area contributed by atoms with Crippen LogP contribution in [-0.2, 0) is 16.4 Å². The number of aliphatic imine (C=N–C) groups is 1. The second kappa shape index (κ2) is 6.74. The minimum Gasteiger partial charge on any atom is -0.353 e. The van der Waals surface area contributed by atoms with Crippen LogP contribution in [0.1, 0.15) is 12.0 Å². The third kappa shape index (κ3) is 4.67. The van der Waals surface area contributed by atoms with E-state index >= 15 is 0 Å². The Morgan fingerprint density at radius 3 is 2.90 bits per heavy atom. The molecule has 1 aromatic rings. The van der Waals surface area contributed by atoms with Crippen LogP contribution in [-0.4, -0.2) is 39.0 Å². The fourth-order valence-electron chi connectivity index (χ4n) is 2.15. The predicted molar refractivity (Wildman–Crippen MR) is 84.5 cm³/mol. The van der Waals surface area contributed by atoms with Crippen molar-refractivity contribution in [3.8, 4) is 0 Å². The van der Waals surface area contributed by atoms with Crippen LogP contribution in [0.2, 0.25) is 0 Å². The van der Waals surface area contributed by atoms with Gasteiger partial charge in [-0.2, -0.15) is 0 Å². The molecule has 1 heterocycles. The zero-order valence-corrected chi connectivity index (χ0v) is 14.0. The van der Waals surface area contributed by atoms with Crippen molar-refractivity contribution in [1.29, 1.82) is 0 Å². The summed E-state index contributed by atoms with van der Waals surface area (Å²) < 4.78 is 37.3. The van der Waals surface area contributed by atoms with E-state index in [1.807, 2.05) is 0 Å². The third-order valence-corrected chi connectivity index (χ3v) is 5.51. The Labute approximate surface area is 132 Å². The molecular weight excluding hydrogens is 361 g/mol. The molecule has 2 rings (SSSR count). The lowest BCUT2D eigenvalue weighted by atomic mass is 10.2. The number of benzene rings is 1. The van der Waals surface area contributed by atoms with E-state index in [0.29, 0.717) is 17.9 Å². The Hall–Kier alpha value is -1.15. The molecule has 1 aliphatic heterocycles. The molecule has 1 fully saturated rings. The minimum absolute atomic E-state index is 0.110. The average molecular weight is 378 g/mol. The van der Waals surface area contributed by atoms with Gasteiger partial charge in [0.05, 0.1) is 11.5 Å². The normalized spacial score (nSPS) is 21.3. The first-order chi connectivity index (χ1) is 9.89. The Kier molecular flexibility index (Phi) is 5.21. The van der Waals surface area contributed by atoms with Crippen LogP contribution in [0.15, 0.2) is 27.7 Å². The monoisotopic (exact) mass is 377 g/mol. The van der Waals surface area contributed by atoms with Crippen molar-refractivity contribution in [3.05, 3.63) is 34.1 Å². The van der Waals surface area contributed by atoms with Crippen LogP contribution in [0.3, 0.4) is 0 Å². The van der Waals surface area contributed by atoms with Gasteiger partial charge in [0, 0.05) is 29.7 Å². The lowest BCUT2D eigenvalue weighted by molar-refractivity contribution is 0.597. The predicted octanol–water partition coefficient (Wildman–Crippen LogP) is 1.44. The molecule has 1 saturated heterocycles. The summed E-state index contributed by atoms with van der Waals surface area (Å²) in [5, 5.41) is 6.04. The van der Waals surface area contributed by atoms with Gasteiger partial charge < -0.3 is 10.6 Å². The number of halogens is 2. The molecule has 1 atom stereocenters. The number of nitrogens with zero attached hydrogens (tertiary/aromatic N) is 1. The molecule has 8 heteroatoms. The van der Waals surface area contributed by atoms with Crippen molar-refractivity contribution in [3.63, 3.8) is 0 Å². The largest absolute Gasteiger partial charge is 0.353 e. The number of rotatable bonds is 3. The molecule has 5 nitrogen and oxygen atoms in total. The zero-order chi connectivity index (χ0) is 15.5. The van der Waals surface area contributed by atoms with Gasteiger partial charge in [0.2, 0.25) is 0 Å². The van der Waals surface area contributed by atoms with Crippen molar-refractivity contribution in [2.24, 2.45) is 4.99 Å². The van der Waals surface area contributed by atoms with E-state index in [1.165, 1.54) is 6.07 Å². The molecule has 0 saturated carbocycles. The SMILES string of the molecule is CN=C(NCc1cc(Br)ccc1F)NC1CCS(=O)(=O)C1. The molecule has 0 bridgehead atoms. The second-order valence-corrected chi connectivity index (χ2v) is 8.05. The van der Waals surface area contributed by atoms with Gasteiger partial charge in [-0.15, -0.1) is 0 Å². The fourth-order valence-corrected chi connectivity index (χ4v) is 4.24. The molecule has 21 heavy (non-hydrogen) atoms. The molecule has 1 aromatic carbocycles. The summed E-state index contributed by atoms with van der Waals surface area (Å²) in [7, 11) is -1.35. The van der Waals surface area contributed by atoms with Gasteiger partial charge in [-0.05, 0) is 24.6 Å². The van der Waals surface area contributed by atoms with Crippen molar-refractivity contribution in [2.45, 2.75) is 19.0 Å². The molecular formula is C13H17BrFN3O2S. The first-order valence-electron chi connectivity index (χ1n) is 6.51. The van der Waals surface area contributed by atoms with Gasteiger partial charge >= 0.3 is 0 Å². The van der Waals surface area contributed by atoms with Crippen molar-refractivity contribution in [1.82, 2.24) is 10.6 Å². The molecule has 0 radical (unpaired) electrons. The molecule has 1 unspecified atom stereocenters. The van der Waals surface area contributed by atoms with E-state index < -0.39 is 9.84 Å². The Morgan fingerprint density at radius 2 is 2.29 bits per heavy atom. The molecule has 2 N–H and O–H groups in total. The van der Waals surface area contributed by atoms with Crippen LogP contribution >= 0.6 is 15.9 Å². The van der Waals surface area contributed by atoms with E-state index in [2.05, 4.69) is 31.6 Å². The maximum atomic E-state index is 13.6. The number of sulfone groups is 1. The molecule has 116 valence electrons. The quantitative estimate of drug-likeness (QED) is 0.617. The zero-order valence-electron chi connectivity index (χ0n) is 11.6. The molecule has 1 aliphatic rings. The highest BCUT2D eigenvalue weighted by atomic mass is 79.9. The highest BCUT2D eigenvalue weighted by molar-refractivity contribution is 9.10. The highest BCUT2D eigenvalue weighted by Crippen LogP contribution is 2.15. The average Bonchev–Trinajstić information content (AvgIpc) is 2.77.